The van der Waals surface area contributed by atoms with Gasteiger partial charge < -0.3 is 4.74 Å². The van der Waals surface area contributed by atoms with Crippen molar-refractivity contribution in [1.29, 1.82) is 0 Å². The molecule has 0 N–H and O–H groups in total. The maximum Gasteiger partial charge on any atom is 0.338 e. The second kappa shape index (κ2) is 9.99. The molecule has 0 amide bonds. The van der Waals surface area contributed by atoms with Crippen LogP contribution in [0.3, 0.4) is 0 Å². The molecule has 4 aliphatic carbocycles. The number of esters is 1. The van der Waals surface area contributed by atoms with Gasteiger partial charge in [-0.05, 0) is 112 Å². The van der Waals surface area contributed by atoms with Crippen molar-refractivity contribution in [2.24, 2.45) is 34.5 Å². The summed E-state index contributed by atoms with van der Waals surface area (Å²) >= 11 is 0. The summed E-state index contributed by atoms with van der Waals surface area (Å²) in [6.07, 6.45) is 18.4. The van der Waals surface area contributed by atoms with Gasteiger partial charge in [0.1, 0.15) is 6.10 Å². The van der Waals surface area contributed by atoms with Crippen LogP contribution >= 0.6 is 0 Å². The summed E-state index contributed by atoms with van der Waals surface area (Å²) in [5, 5.41) is 0. The third-order valence-corrected chi connectivity index (χ3v) is 10.7. The van der Waals surface area contributed by atoms with Crippen LogP contribution in [0.1, 0.15) is 103 Å². The third kappa shape index (κ3) is 4.54. The lowest BCUT2D eigenvalue weighted by Gasteiger charge is -2.55. The molecule has 4 aliphatic rings. The number of ether oxygens (including phenoxy) is 1. The Labute approximate surface area is 219 Å². The van der Waals surface area contributed by atoms with Gasteiger partial charge in [0, 0.05) is 6.42 Å². The van der Waals surface area contributed by atoms with E-state index in [0.717, 1.165) is 37.0 Å². The molecule has 2 nitrogen and oxygen atoms in total. The number of hydrogen-bond acceptors (Lipinski definition) is 2. The minimum Gasteiger partial charge on any atom is -0.458 e. The van der Waals surface area contributed by atoms with Crippen LogP contribution in [-0.2, 0) is 4.74 Å². The van der Waals surface area contributed by atoms with Crippen molar-refractivity contribution in [3.63, 3.8) is 0 Å². The summed E-state index contributed by atoms with van der Waals surface area (Å²) in [4.78, 5) is 12.7. The van der Waals surface area contributed by atoms with E-state index >= 15 is 0 Å². The first-order chi connectivity index (χ1) is 17.2. The van der Waals surface area contributed by atoms with Crippen LogP contribution < -0.4 is 0 Å². The van der Waals surface area contributed by atoms with Gasteiger partial charge in [-0.25, -0.2) is 4.79 Å². The summed E-state index contributed by atoms with van der Waals surface area (Å²) in [7, 11) is 0. The van der Waals surface area contributed by atoms with E-state index in [1.165, 1.54) is 49.7 Å². The molecule has 36 heavy (non-hydrogen) atoms. The van der Waals surface area contributed by atoms with Crippen molar-refractivity contribution in [3.8, 4) is 0 Å². The van der Waals surface area contributed by atoms with Crippen molar-refractivity contribution < 1.29 is 9.53 Å². The third-order valence-electron chi connectivity index (χ3n) is 10.7. The fourth-order valence-corrected chi connectivity index (χ4v) is 8.67. The first-order valence-corrected chi connectivity index (χ1v) is 14.5. The predicted molar refractivity (Wildman–Crippen MR) is 149 cm³/mol. The molecule has 0 unspecified atom stereocenters. The van der Waals surface area contributed by atoms with Gasteiger partial charge in [0.05, 0.1) is 5.56 Å². The highest BCUT2D eigenvalue weighted by Gasteiger charge is 2.57. The van der Waals surface area contributed by atoms with Gasteiger partial charge in [0.2, 0.25) is 0 Å². The molecule has 0 aromatic heterocycles. The first kappa shape index (κ1) is 25.6. The number of benzene rings is 1. The monoisotopic (exact) mass is 486 g/mol. The second-order valence-corrected chi connectivity index (χ2v) is 13.1. The Hall–Kier alpha value is -2.09. The Balaban J connectivity index is 1.30. The summed E-state index contributed by atoms with van der Waals surface area (Å²) in [6.45, 7) is 12.1. The maximum absolute atomic E-state index is 12.7. The van der Waals surface area contributed by atoms with E-state index < -0.39 is 0 Å². The Bertz CT molecular complexity index is 1060. The van der Waals surface area contributed by atoms with Gasteiger partial charge in [0.25, 0.3) is 0 Å². The summed E-state index contributed by atoms with van der Waals surface area (Å²) in [6, 6.07) is 9.44. The molecule has 0 heterocycles. The first-order valence-electron chi connectivity index (χ1n) is 14.5. The van der Waals surface area contributed by atoms with Crippen LogP contribution in [0.2, 0.25) is 0 Å². The fourth-order valence-electron chi connectivity index (χ4n) is 8.67. The summed E-state index contributed by atoms with van der Waals surface area (Å²) in [5.41, 5.74) is 6.06. The average Bonchev–Trinajstić information content (AvgIpc) is 3.22. The number of fused-ring (bicyclic) bond motifs is 5. The van der Waals surface area contributed by atoms with Gasteiger partial charge in [0.15, 0.2) is 0 Å². The molecular weight excluding hydrogens is 440 g/mol. The molecule has 7 atom stereocenters. The van der Waals surface area contributed by atoms with Crippen molar-refractivity contribution >= 4 is 5.97 Å². The Morgan fingerprint density at radius 1 is 1.03 bits per heavy atom. The molecule has 0 radical (unpaired) electrons. The number of rotatable bonds is 6. The molecule has 3 fully saturated rings. The number of carbonyl (C=O) groups is 1. The molecule has 194 valence electrons. The molecule has 0 aliphatic heterocycles. The van der Waals surface area contributed by atoms with E-state index in [-0.39, 0.29) is 17.5 Å². The lowest BCUT2D eigenvalue weighted by atomic mass is 9.50. The lowest BCUT2D eigenvalue weighted by Crippen LogP contribution is -2.46. The number of allylic oxidation sites excluding steroid dienone is 5. The van der Waals surface area contributed by atoms with E-state index in [4.69, 9.17) is 4.74 Å². The highest BCUT2D eigenvalue weighted by Crippen LogP contribution is 2.66. The quantitative estimate of drug-likeness (QED) is 0.296. The van der Waals surface area contributed by atoms with Crippen LogP contribution in [0.5, 0.6) is 0 Å². The van der Waals surface area contributed by atoms with Gasteiger partial charge in [-0.1, -0.05) is 73.9 Å². The van der Waals surface area contributed by atoms with Crippen LogP contribution in [0.15, 0.2) is 65.3 Å². The van der Waals surface area contributed by atoms with Crippen molar-refractivity contribution in [1.82, 2.24) is 0 Å². The standard InChI is InChI=1S/C34H46O2/c1-23(2)10-9-11-24(3)29-16-17-30-28-15-14-26-22-27(36-32(35)25-12-7-6-8-13-25)18-20-33(26,4)31(28)19-21-34(29,30)5/h6-8,10,12-15,24,27,29-31H,9,11,16-22H2,1-5H3/t24-,27+,29-,30+,31-,33+,34-/m1/s1. The highest BCUT2D eigenvalue weighted by molar-refractivity contribution is 5.89. The SMILES string of the molecule is CC(C)=CCC[C@@H](C)[C@H]1CC[C@H]2C3=CC=C4C[C@@H](OC(=O)c5ccccc5)CC[C@]4(C)[C@@H]3CC[C@]12C. The molecule has 3 saturated carbocycles. The van der Waals surface area contributed by atoms with Crippen molar-refractivity contribution in [2.75, 3.05) is 0 Å². The Morgan fingerprint density at radius 3 is 2.56 bits per heavy atom. The minimum absolute atomic E-state index is 0.00152. The van der Waals surface area contributed by atoms with E-state index in [2.05, 4.69) is 52.8 Å². The van der Waals surface area contributed by atoms with Crippen LogP contribution in [0.25, 0.3) is 0 Å². The molecule has 5 rings (SSSR count). The van der Waals surface area contributed by atoms with Gasteiger partial charge in [-0.15, -0.1) is 0 Å². The second-order valence-electron chi connectivity index (χ2n) is 13.1. The largest absolute Gasteiger partial charge is 0.458 e. The lowest BCUT2D eigenvalue weighted by molar-refractivity contribution is 0.00583. The molecule has 0 saturated heterocycles. The van der Waals surface area contributed by atoms with Gasteiger partial charge >= 0.3 is 5.97 Å². The fraction of sp³-hybridized carbons (Fsp3) is 0.618. The average molecular weight is 487 g/mol. The topological polar surface area (TPSA) is 26.3 Å². The van der Waals surface area contributed by atoms with E-state index in [1.54, 1.807) is 5.57 Å². The normalized spacial score (nSPS) is 35.9. The summed E-state index contributed by atoms with van der Waals surface area (Å²) in [5.74, 6) is 2.88. The predicted octanol–water partition coefficient (Wildman–Crippen LogP) is 9.09. The maximum atomic E-state index is 12.7. The van der Waals surface area contributed by atoms with Crippen molar-refractivity contribution in [3.05, 3.63) is 70.8 Å². The Kier molecular flexibility index (Phi) is 7.09. The number of hydrogen-bond donors (Lipinski definition) is 0. The molecule has 1 aromatic carbocycles. The van der Waals surface area contributed by atoms with Gasteiger partial charge in [-0.3, -0.25) is 0 Å². The smallest absolute Gasteiger partial charge is 0.338 e. The molecule has 2 heteroatoms. The molecule has 0 spiro atoms. The van der Waals surface area contributed by atoms with Crippen LogP contribution in [-0.4, -0.2) is 12.1 Å². The zero-order valence-corrected chi connectivity index (χ0v) is 23.2. The van der Waals surface area contributed by atoms with Crippen molar-refractivity contribution in [2.45, 2.75) is 98.5 Å². The van der Waals surface area contributed by atoms with E-state index in [0.29, 0.717) is 16.9 Å². The Morgan fingerprint density at radius 2 is 1.81 bits per heavy atom. The van der Waals surface area contributed by atoms with Crippen LogP contribution in [0.4, 0.5) is 0 Å². The zero-order chi connectivity index (χ0) is 25.5. The van der Waals surface area contributed by atoms with E-state index in [1.807, 2.05) is 30.3 Å². The number of carbonyl (C=O) groups excluding carboxylic acids is 1. The van der Waals surface area contributed by atoms with E-state index in [9.17, 15) is 4.79 Å². The van der Waals surface area contributed by atoms with Gasteiger partial charge in [-0.2, -0.15) is 0 Å². The molecular formula is C34H46O2. The van der Waals surface area contributed by atoms with Crippen LogP contribution in [0, 0.1) is 34.5 Å². The summed E-state index contributed by atoms with van der Waals surface area (Å²) < 4.78 is 5.98. The molecule has 1 aromatic rings. The minimum atomic E-state index is -0.180. The zero-order valence-electron chi connectivity index (χ0n) is 23.2. The highest BCUT2D eigenvalue weighted by atomic mass is 16.5. The molecule has 0 bridgehead atoms.